The van der Waals surface area contributed by atoms with Gasteiger partial charge in [-0.1, -0.05) is 0 Å². The first-order valence-corrected chi connectivity index (χ1v) is 8.74. The van der Waals surface area contributed by atoms with Gasteiger partial charge in [-0.15, -0.1) is 0 Å². The first kappa shape index (κ1) is 16.3. The smallest absolute Gasteiger partial charge is 0.243 e. The monoisotopic (exact) mass is 312 g/mol. The SMILES string of the molecule is CNc1cc(C)c(S(=O)(=O)N2CCC(CO)CC2)c(C)c1. The Kier molecular flexibility index (Phi) is 4.91. The molecule has 5 nitrogen and oxygen atoms in total. The summed E-state index contributed by atoms with van der Waals surface area (Å²) in [5, 5.41) is 12.2. The van der Waals surface area contributed by atoms with Gasteiger partial charge < -0.3 is 10.4 Å². The van der Waals surface area contributed by atoms with Gasteiger partial charge in [0.15, 0.2) is 0 Å². The molecule has 0 spiro atoms. The molecule has 0 aliphatic carbocycles. The van der Waals surface area contributed by atoms with E-state index in [4.69, 9.17) is 5.11 Å². The quantitative estimate of drug-likeness (QED) is 0.888. The van der Waals surface area contributed by atoms with E-state index in [0.29, 0.717) is 18.0 Å². The molecule has 1 aliphatic rings. The van der Waals surface area contributed by atoms with E-state index in [1.165, 1.54) is 0 Å². The number of nitrogens with zero attached hydrogens (tertiary/aromatic N) is 1. The van der Waals surface area contributed by atoms with E-state index in [1.807, 2.05) is 33.0 Å². The van der Waals surface area contributed by atoms with Gasteiger partial charge in [0.1, 0.15) is 0 Å². The van der Waals surface area contributed by atoms with E-state index in [9.17, 15) is 8.42 Å². The zero-order valence-electron chi connectivity index (χ0n) is 12.9. The Bertz CT molecular complexity index is 582. The average Bonchev–Trinajstić information content (AvgIpc) is 2.46. The first-order chi connectivity index (χ1) is 9.90. The van der Waals surface area contributed by atoms with Crippen LogP contribution in [0.4, 0.5) is 5.69 Å². The van der Waals surface area contributed by atoms with Gasteiger partial charge in [0, 0.05) is 32.4 Å². The topological polar surface area (TPSA) is 69.6 Å². The number of sulfonamides is 1. The van der Waals surface area contributed by atoms with Crippen molar-refractivity contribution in [2.45, 2.75) is 31.6 Å². The summed E-state index contributed by atoms with van der Waals surface area (Å²) in [5.74, 6) is 0.227. The molecule has 0 amide bonds. The fourth-order valence-corrected chi connectivity index (χ4v) is 4.84. The molecular weight excluding hydrogens is 288 g/mol. The van der Waals surface area contributed by atoms with Crippen molar-refractivity contribution in [3.8, 4) is 0 Å². The molecule has 0 radical (unpaired) electrons. The minimum Gasteiger partial charge on any atom is -0.396 e. The second-order valence-electron chi connectivity index (χ2n) is 5.72. The molecule has 2 rings (SSSR count). The lowest BCUT2D eigenvalue weighted by Gasteiger charge is -2.31. The number of anilines is 1. The highest BCUT2D eigenvalue weighted by atomic mass is 32.2. The third kappa shape index (κ3) is 3.22. The molecule has 118 valence electrons. The predicted octanol–water partition coefficient (Wildman–Crippen LogP) is 1.74. The number of nitrogens with one attached hydrogen (secondary N) is 1. The Balaban J connectivity index is 2.32. The lowest BCUT2D eigenvalue weighted by atomic mass is 10.00. The van der Waals surface area contributed by atoms with E-state index in [0.717, 1.165) is 29.7 Å². The average molecular weight is 312 g/mol. The lowest BCUT2D eigenvalue weighted by Crippen LogP contribution is -2.39. The Morgan fingerprint density at radius 2 is 1.76 bits per heavy atom. The third-order valence-corrected chi connectivity index (χ3v) is 6.38. The van der Waals surface area contributed by atoms with Gasteiger partial charge in [-0.3, -0.25) is 0 Å². The summed E-state index contributed by atoms with van der Waals surface area (Å²) in [5.41, 5.74) is 2.45. The van der Waals surface area contributed by atoms with Crippen LogP contribution in [0.3, 0.4) is 0 Å². The molecule has 0 unspecified atom stereocenters. The van der Waals surface area contributed by atoms with Crippen molar-refractivity contribution in [1.29, 1.82) is 0 Å². The van der Waals surface area contributed by atoms with Crippen LogP contribution >= 0.6 is 0 Å². The van der Waals surface area contributed by atoms with Crippen LogP contribution in [0.1, 0.15) is 24.0 Å². The minimum absolute atomic E-state index is 0.142. The van der Waals surface area contributed by atoms with E-state index < -0.39 is 10.0 Å². The van der Waals surface area contributed by atoms with Crippen LogP contribution in [0.25, 0.3) is 0 Å². The Morgan fingerprint density at radius 3 is 2.19 bits per heavy atom. The van der Waals surface area contributed by atoms with Crippen LogP contribution in [0.2, 0.25) is 0 Å². The summed E-state index contributed by atoms with van der Waals surface area (Å²) in [7, 11) is -1.63. The molecule has 1 saturated heterocycles. The number of hydrogen-bond donors (Lipinski definition) is 2. The molecule has 0 aromatic heterocycles. The number of benzene rings is 1. The van der Waals surface area contributed by atoms with Gasteiger partial charge in [-0.25, -0.2) is 8.42 Å². The van der Waals surface area contributed by atoms with Crippen molar-refractivity contribution in [1.82, 2.24) is 4.31 Å². The zero-order valence-corrected chi connectivity index (χ0v) is 13.7. The first-order valence-electron chi connectivity index (χ1n) is 7.30. The normalized spacial score (nSPS) is 17.9. The number of piperidine rings is 1. The number of hydrogen-bond acceptors (Lipinski definition) is 4. The largest absolute Gasteiger partial charge is 0.396 e. The molecule has 1 fully saturated rings. The van der Waals surface area contributed by atoms with Crippen LogP contribution in [0.15, 0.2) is 17.0 Å². The number of aryl methyl sites for hydroxylation is 2. The molecule has 0 atom stereocenters. The standard InChI is InChI=1S/C15H24N2O3S/c1-11-8-14(16-3)9-12(2)15(11)21(19,20)17-6-4-13(10-18)5-7-17/h8-9,13,16,18H,4-7,10H2,1-3H3. The summed E-state index contributed by atoms with van der Waals surface area (Å²) < 4.78 is 27.3. The summed E-state index contributed by atoms with van der Waals surface area (Å²) in [6.45, 7) is 4.78. The van der Waals surface area contributed by atoms with Gasteiger partial charge in [0.25, 0.3) is 0 Å². The van der Waals surface area contributed by atoms with Crippen molar-refractivity contribution < 1.29 is 13.5 Å². The predicted molar refractivity (Wildman–Crippen MR) is 84.0 cm³/mol. The molecule has 0 bridgehead atoms. The Hall–Kier alpha value is -1.11. The van der Waals surface area contributed by atoms with Crippen molar-refractivity contribution in [3.05, 3.63) is 23.3 Å². The third-order valence-electron chi connectivity index (χ3n) is 4.18. The molecule has 1 aliphatic heterocycles. The van der Waals surface area contributed by atoms with Crippen molar-refractivity contribution >= 4 is 15.7 Å². The van der Waals surface area contributed by atoms with Gasteiger partial charge in [-0.05, 0) is 55.9 Å². The summed E-state index contributed by atoms with van der Waals surface area (Å²) in [6.07, 6.45) is 1.45. The van der Waals surface area contributed by atoms with Crippen molar-refractivity contribution in [3.63, 3.8) is 0 Å². The summed E-state index contributed by atoms with van der Waals surface area (Å²) in [4.78, 5) is 0.420. The highest BCUT2D eigenvalue weighted by Gasteiger charge is 2.31. The molecule has 21 heavy (non-hydrogen) atoms. The van der Waals surface area contributed by atoms with E-state index in [2.05, 4.69) is 5.32 Å². The molecule has 6 heteroatoms. The molecule has 0 saturated carbocycles. The van der Waals surface area contributed by atoms with Crippen LogP contribution in [-0.2, 0) is 10.0 Å². The molecule has 1 aromatic carbocycles. The van der Waals surface area contributed by atoms with Crippen LogP contribution in [0, 0.1) is 19.8 Å². The molecule has 1 heterocycles. The number of aliphatic hydroxyl groups excluding tert-OH is 1. The fourth-order valence-electron chi connectivity index (χ4n) is 2.96. The second kappa shape index (κ2) is 6.34. The van der Waals surface area contributed by atoms with Gasteiger partial charge >= 0.3 is 0 Å². The van der Waals surface area contributed by atoms with Gasteiger partial charge in [-0.2, -0.15) is 4.31 Å². The summed E-state index contributed by atoms with van der Waals surface area (Å²) >= 11 is 0. The molecular formula is C15H24N2O3S. The minimum atomic E-state index is -3.46. The maximum atomic E-state index is 12.9. The highest BCUT2D eigenvalue weighted by Crippen LogP contribution is 2.29. The van der Waals surface area contributed by atoms with Crippen LogP contribution in [-0.4, -0.2) is 44.6 Å². The van der Waals surface area contributed by atoms with Crippen molar-refractivity contribution in [2.75, 3.05) is 32.1 Å². The van der Waals surface area contributed by atoms with Crippen LogP contribution < -0.4 is 5.32 Å². The maximum absolute atomic E-state index is 12.9. The van der Waals surface area contributed by atoms with E-state index in [-0.39, 0.29) is 12.5 Å². The Morgan fingerprint density at radius 1 is 1.24 bits per heavy atom. The van der Waals surface area contributed by atoms with Gasteiger partial charge in [0.05, 0.1) is 4.90 Å². The highest BCUT2D eigenvalue weighted by molar-refractivity contribution is 7.89. The van der Waals surface area contributed by atoms with Crippen LogP contribution in [0.5, 0.6) is 0 Å². The lowest BCUT2D eigenvalue weighted by molar-refractivity contribution is 0.170. The number of rotatable bonds is 4. The van der Waals surface area contributed by atoms with E-state index in [1.54, 1.807) is 4.31 Å². The molecule has 1 aromatic rings. The summed E-state index contributed by atoms with van der Waals surface area (Å²) in [6, 6.07) is 3.72. The Labute approximate surface area is 127 Å². The van der Waals surface area contributed by atoms with E-state index >= 15 is 0 Å². The molecule has 2 N–H and O–H groups in total. The number of aliphatic hydroxyl groups is 1. The zero-order chi connectivity index (χ0) is 15.6. The maximum Gasteiger partial charge on any atom is 0.243 e. The van der Waals surface area contributed by atoms with Crippen molar-refractivity contribution in [2.24, 2.45) is 5.92 Å². The fraction of sp³-hybridized carbons (Fsp3) is 0.600. The second-order valence-corrected chi connectivity index (χ2v) is 7.59. The van der Waals surface area contributed by atoms with Gasteiger partial charge in [0.2, 0.25) is 10.0 Å².